The molecular formula is C28H42O2. The van der Waals surface area contributed by atoms with Crippen LogP contribution in [-0.2, 0) is 0 Å². The van der Waals surface area contributed by atoms with E-state index in [1.54, 1.807) is 0 Å². The normalized spacial score (nSPS) is 12.5. The molecule has 166 valence electrons. The van der Waals surface area contributed by atoms with Crippen LogP contribution in [0.1, 0.15) is 91.4 Å². The summed E-state index contributed by atoms with van der Waals surface area (Å²) < 4.78 is 13.5. The first-order valence-electron chi connectivity index (χ1n) is 12.2. The lowest BCUT2D eigenvalue weighted by atomic mass is 9.86. The fraction of sp³-hybridized carbons (Fsp3) is 0.571. The van der Waals surface area contributed by atoms with Crippen LogP contribution < -0.4 is 9.47 Å². The molecule has 0 heterocycles. The van der Waals surface area contributed by atoms with Crippen molar-refractivity contribution in [1.82, 2.24) is 0 Å². The summed E-state index contributed by atoms with van der Waals surface area (Å²) in [4.78, 5) is 0. The summed E-state index contributed by atoms with van der Waals surface area (Å²) in [6.45, 7) is 6.80. The zero-order valence-electron chi connectivity index (χ0n) is 19.4. The lowest BCUT2D eigenvalue weighted by molar-refractivity contribution is -0.166. The number of hydrogen-bond donors (Lipinski definition) is 0. The second-order valence-corrected chi connectivity index (χ2v) is 8.41. The Morgan fingerprint density at radius 2 is 1.13 bits per heavy atom. The van der Waals surface area contributed by atoms with Gasteiger partial charge in [0.2, 0.25) is 0 Å². The van der Waals surface area contributed by atoms with Gasteiger partial charge in [-0.25, -0.2) is 0 Å². The summed E-state index contributed by atoms with van der Waals surface area (Å²) in [6, 6.07) is 20.4. The third kappa shape index (κ3) is 8.05. The van der Waals surface area contributed by atoms with Crippen molar-refractivity contribution in [2.24, 2.45) is 5.92 Å². The summed E-state index contributed by atoms with van der Waals surface area (Å²) in [6.07, 6.45) is 13.2. The van der Waals surface area contributed by atoms with Gasteiger partial charge in [-0.1, -0.05) is 102 Å². The second-order valence-electron chi connectivity index (χ2n) is 8.41. The monoisotopic (exact) mass is 410 g/mol. The van der Waals surface area contributed by atoms with Gasteiger partial charge in [-0.3, -0.25) is 0 Å². The van der Waals surface area contributed by atoms with Crippen LogP contribution in [0.15, 0.2) is 60.7 Å². The highest BCUT2D eigenvalue weighted by Gasteiger charge is 2.42. The lowest BCUT2D eigenvalue weighted by Crippen LogP contribution is -2.49. The van der Waals surface area contributed by atoms with Crippen LogP contribution in [0.4, 0.5) is 0 Å². The maximum atomic E-state index is 6.73. The first kappa shape index (κ1) is 24.3. The first-order valence-corrected chi connectivity index (χ1v) is 12.2. The molecule has 0 aliphatic heterocycles. The Balaban J connectivity index is 2.22. The van der Waals surface area contributed by atoms with E-state index in [4.69, 9.17) is 9.47 Å². The number of rotatable bonds is 16. The van der Waals surface area contributed by atoms with E-state index in [1.165, 1.54) is 38.5 Å². The molecule has 30 heavy (non-hydrogen) atoms. The molecule has 0 aliphatic carbocycles. The van der Waals surface area contributed by atoms with E-state index < -0.39 is 5.79 Å². The third-order valence-electron chi connectivity index (χ3n) is 5.97. The highest BCUT2D eigenvalue weighted by molar-refractivity contribution is 5.24. The molecule has 0 fully saturated rings. The molecule has 0 bridgehead atoms. The zero-order chi connectivity index (χ0) is 21.5. The maximum absolute atomic E-state index is 6.73. The average molecular weight is 411 g/mol. The number of ether oxygens (including phenoxy) is 2. The highest BCUT2D eigenvalue weighted by Crippen LogP contribution is 2.38. The predicted octanol–water partition coefficient (Wildman–Crippen LogP) is 8.81. The second kappa shape index (κ2) is 14.1. The molecule has 0 aliphatic rings. The van der Waals surface area contributed by atoms with Crippen LogP contribution in [0, 0.1) is 5.92 Å². The molecule has 1 atom stereocenters. The molecule has 0 saturated heterocycles. The van der Waals surface area contributed by atoms with Gasteiger partial charge in [0.05, 0.1) is 0 Å². The SMILES string of the molecule is CCCCCCCCC(CC)C(CCCC)(Oc1ccccc1)Oc1ccccc1. The van der Waals surface area contributed by atoms with E-state index in [9.17, 15) is 0 Å². The van der Waals surface area contributed by atoms with E-state index in [2.05, 4.69) is 20.8 Å². The quantitative estimate of drug-likeness (QED) is 0.203. The van der Waals surface area contributed by atoms with Crippen LogP contribution in [0.2, 0.25) is 0 Å². The van der Waals surface area contributed by atoms with Crippen molar-refractivity contribution in [1.29, 1.82) is 0 Å². The number of benzene rings is 2. The molecule has 0 aromatic heterocycles. The van der Waals surface area contributed by atoms with E-state index in [-0.39, 0.29) is 0 Å². The van der Waals surface area contributed by atoms with Crippen molar-refractivity contribution in [3.63, 3.8) is 0 Å². The molecule has 2 aromatic carbocycles. The van der Waals surface area contributed by atoms with Gasteiger partial charge in [0.25, 0.3) is 5.79 Å². The highest BCUT2D eigenvalue weighted by atomic mass is 16.7. The van der Waals surface area contributed by atoms with Gasteiger partial charge in [-0.2, -0.15) is 0 Å². The Morgan fingerprint density at radius 3 is 1.63 bits per heavy atom. The van der Waals surface area contributed by atoms with E-state index in [0.717, 1.165) is 43.6 Å². The summed E-state index contributed by atoms with van der Waals surface area (Å²) in [5.74, 6) is 1.52. The number of hydrogen-bond acceptors (Lipinski definition) is 2. The number of unbranched alkanes of at least 4 members (excludes halogenated alkanes) is 6. The van der Waals surface area contributed by atoms with Crippen LogP contribution in [-0.4, -0.2) is 5.79 Å². The van der Waals surface area contributed by atoms with Gasteiger partial charge in [0.1, 0.15) is 11.5 Å². The average Bonchev–Trinajstić information content (AvgIpc) is 2.78. The Morgan fingerprint density at radius 1 is 0.633 bits per heavy atom. The van der Waals surface area contributed by atoms with Crippen molar-refractivity contribution in [2.75, 3.05) is 0 Å². The Labute approximate surface area is 185 Å². The van der Waals surface area contributed by atoms with Crippen molar-refractivity contribution >= 4 is 0 Å². The van der Waals surface area contributed by atoms with Gasteiger partial charge >= 0.3 is 0 Å². The zero-order valence-corrected chi connectivity index (χ0v) is 19.4. The summed E-state index contributed by atoms with van der Waals surface area (Å²) in [5.41, 5.74) is 0. The lowest BCUT2D eigenvalue weighted by Gasteiger charge is -2.41. The van der Waals surface area contributed by atoms with E-state index in [1.807, 2.05) is 60.7 Å². The molecule has 0 saturated carbocycles. The van der Waals surface area contributed by atoms with Crippen molar-refractivity contribution in [3.05, 3.63) is 60.7 Å². The minimum Gasteiger partial charge on any atom is -0.452 e. The molecule has 2 aromatic rings. The van der Waals surface area contributed by atoms with Gasteiger partial charge in [-0.05, 0) is 43.5 Å². The van der Waals surface area contributed by atoms with Crippen molar-refractivity contribution in [2.45, 2.75) is 97.2 Å². The molecule has 2 nitrogen and oxygen atoms in total. The van der Waals surface area contributed by atoms with Crippen LogP contribution >= 0.6 is 0 Å². The van der Waals surface area contributed by atoms with Gasteiger partial charge in [0, 0.05) is 12.3 Å². The minimum atomic E-state index is -0.628. The molecule has 0 spiro atoms. The molecule has 1 unspecified atom stereocenters. The number of para-hydroxylation sites is 2. The summed E-state index contributed by atoms with van der Waals surface area (Å²) >= 11 is 0. The van der Waals surface area contributed by atoms with Gasteiger partial charge in [0.15, 0.2) is 0 Å². The molecule has 2 heteroatoms. The van der Waals surface area contributed by atoms with Crippen molar-refractivity contribution < 1.29 is 9.47 Å². The Kier molecular flexibility index (Phi) is 11.4. The Hall–Kier alpha value is -1.96. The molecular weight excluding hydrogens is 368 g/mol. The first-order chi connectivity index (χ1) is 14.7. The third-order valence-corrected chi connectivity index (χ3v) is 5.97. The molecule has 0 N–H and O–H groups in total. The minimum absolute atomic E-state index is 0.357. The molecule has 0 amide bonds. The predicted molar refractivity (Wildman–Crippen MR) is 128 cm³/mol. The van der Waals surface area contributed by atoms with Gasteiger partial charge < -0.3 is 9.47 Å². The van der Waals surface area contributed by atoms with Crippen LogP contribution in [0.5, 0.6) is 11.5 Å². The van der Waals surface area contributed by atoms with Crippen LogP contribution in [0.25, 0.3) is 0 Å². The summed E-state index contributed by atoms with van der Waals surface area (Å²) in [7, 11) is 0. The summed E-state index contributed by atoms with van der Waals surface area (Å²) in [5, 5.41) is 0. The van der Waals surface area contributed by atoms with Gasteiger partial charge in [-0.15, -0.1) is 0 Å². The topological polar surface area (TPSA) is 18.5 Å². The van der Waals surface area contributed by atoms with Crippen LogP contribution in [0.3, 0.4) is 0 Å². The smallest absolute Gasteiger partial charge is 0.253 e. The van der Waals surface area contributed by atoms with E-state index in [0.29, 0.717) is 5.92 Å². The Bertz CT molecular complexity index is 611. The molecule has 0 radical (unpaired) electrons. The maximum Gasteiger partial charge on any atom is 0.253 e. The fourth-order valence-electron chi connectivity index (χ4n) is 4.20. The largest absolute Gasteiger partial charge is 0.452 e. The van der Waals surface area contributed by atoms with E-state index >= 15 is 0 Å². The fourth-order valence-corrected chi connectivity index (χ4v) is 4.20. The standard InChI is InChI=1S/C28H42O2/c1-4-7-9-10-11-14-19-25(6-3)28(24-8-5-2,29-26-20-15-12-16-21-26)30-27-22-17-13-18-23-27/h12-13,15-18,20-23,25H,4-11,14,19,24H2,1-3H3. The van der Waals surface area contributed by atoms with Crippen molar-refractivity contribution in [3.8, 4) is 11.5 Å². The molecule has 2 rings (SSSR count).